The van der Waals surface area contributed by atoms with Gasteiger partial charge >= 0.3 is 0 Å². The van der Waals surface area contributed by atoms with Crippen LogP contribution < -0.4 is 4.31 Å². The van der Waals surface area contributed by atoms with E-state index in [2.05, 4.69) is 0 Å². The van der Waals surface area contributed by atoms with Crippen LogP contribution in [0.5, 0.6) is 0 Å². The summed E-state index contributed by atoms with van der Waals surface area (Å²) in [6.45, 7) is 3.28. The Labute approximate surface area is 177 Å². The molecule has 0 unspecified atom stereocenters. The number of anilines is 1. The fourth-order valence-electron chi connectivity index (χ4n) is 3.59. The van der Waals surface area contributed by atoms with E-state index in [-0.39, 0.29) is 11.8 Å². The summed E-state index contributed by atoms with van der Waals surface area (Å²) in [4.78, 5) is 28.3. The molecule has 0 spiro atoms. The summed E-state index contributed by atoms with van der Waals surface area (Å²) in [6.07, 6.45) is 1.79. The van der Waals surface area contributed by atoms with Crippen LogP contribution in [0.15, 0.2) is 42.5 Å². The van der Waals surface area contributed by atoms with E-state index in [1.165, 1.54) is 15.5 Å². The fraction of sp³-hybridized carbons (Fsp3) is 0.364. The van der Waals surface area contributed by atoms with E-state index in [0.29, 0.717) is 42.9 Å². The van der Waals surface area contributed by atoms with Crippen molar-refractivity contribution in [1.82, 2.24) is 9.80 Å². The first-order chi connectivity index (χ1) is 14.1. The quantitative estimate of drug-likeness (QED) is 0.706. The van der Waals surface area contributed by atoms with Gasteiger partial charge in [0.05, 0.1) is 11.9 Å². The largest absolute Gasteiger partial charge is 0.345 e. The monoisotopic (exact) mass is 429 g/mol. The summed E-state index contributed by atoms with van der Waals surface area (Å²) < 4.78 is 25.2. The first kappa shape index (κ1) is 21.8. The van der Waals surface area contributed by atoms with Crippen LogP contribution in [0.2, 0.25) is 0 Å². The van der Waals surface area contributed by atoms with Crippen LogP contribution in [0, 0.1) is 0 Å². The molecule has 1 heterocycles. The zero-order chi connectivity index (χ0) is 22.1. The van der Waals surface area contributed by atoms with Crippen LogP contribution >= 0.6 is 0 Å². The van der Waals surface area contributed by atoms with Crippen molar-refractivity contribution in [2.75, 3.05) is 37.7 Å². The number of carbonyl (C=O) groups is 2. The van der Waals surface area contributed by atoms with Crippen molar-refractivity contribution >= 4 is 27.5 Å². The minimum absolute atomic E-state index is 0.0637. The molecule has 0 saturated heterocycles. The first-order valence-electron chi connectivity index (χ1n) is 9.82. The number of amides is 2. The topological polar surface area (TPSA) is 78.0 Å². The van der Waals surface area contributed by atoms with E-state index in [1.807, 2.05) is 19.1 Å². The highest BCUT2D eigenvalue weighted by atomic mass is 32.2. The standard InChI is InChI=1S/C22H27N3O4S/c1-5-24(15-16-6-8-17(9-7-16)21(26)23(2)3)22(27)19-10-11-20-18(14-19)12-13-25(20)30(4,28)29/h6-11,14H,5,12-13,15H2,1-4H3. The van der Waals surface area contributed by atoms with Crippen LogP contribution in [0.3, 0.4) is 0 Å². The third kappa shape index (κ3) is 4.48. The van der Waals surface area contributed by atoms with Crippen molar-refractivity contribution in [3.05, 3.63) is 64.7 Å². The number of rotatable bonds is 6. The third-order valence-corrected chi connectivity index (χ3v) is 6.41. The van der Waals surface area contributed by atoms with Crippen LogP contribution in [0.25, 0.3) is 0 Å². The number of hydrogen-bond acceptors (Lipinski definition) is 4. The minimum Gasteiger partial charge on any atom is -0.345 e. The first-order valence-corrected chi connectivity index (χ1v) is 11.7. The summed E-state index contributed by atoms with van der Waals surface area (Å²) >= 11 is 0. The van der Waals surface area contributed by atoms with Crippen molar-refractivity contribution in [2.45, 2.75) is 19.9 Å². The second kappa shape index (κ2) is 8.47. The average molecular weight is 430 g/mol. The van der Waals surface area contributed by atoms with Crippen molar-refractivity contribution in [3.8, 4) is 0 Å². The van der Waals surface area contributed by atoms with Gasteiger partial charge in [0, 0.05) is 44.9 Å². The Morgan fingerprint density at radius 2 is 1.63 bits per heavy atom. The molecule has 160 valence electrons. The zero-order valence-electron chi connectivity index (χ0n) is 17.8. The van der Waals surface area contributed by atoms with E-state index in [1.54, 1.807) is 49.3 Å². The number of hydrogen-bond donors (Lipinski definition) is 0. The van der Waals surface area contributed by atoms with Crippen molar-refractivity contribution < 1.29 is 18.0 Å². The molecule has 0 aliphatic carbocycles. The molecule has 0 atom stereocenters. The molecule has 0 aromatic heterocycles. The molecule has 3 rings (SSSR count). The predicted molar refractivity (Wildman–Crippen MR) is 117 cm³/mol. The highest BCUT2D eigenvalue weighted by Gasteiger charge is 2.27. The van der Waals surface area contributed by atoms with Gasteiger partial charge in [-0.25, -0.2) is 8.42 Å². The molecule has 0 bridgehead atoms. The van der Waals surface area contributed by atoms with E-state index < -0.39 is 10.0 Å². The molecule has 30 heavy (non-hydrogen) atoms. The van der Waals surface area contributed by atoms with Gasteiger partial charge in [-0.3, -0.25) is 13.9 Å². The predicted octanol–water partition coefficient (Wildman–Crippen LogP) is 2.37. The van der Waals surface area contributed by atoms with Gasteiger partial charge in [-0.2, -0.15) is 0 Å². The second-order valence-corrected chi connectivity index (χ2v) is 9.55. The van der Waals surface area contributed by atoms with Gasteiger partial charge in [0.2, 0.25) is 10.0 Å². The molecule has 8 heteroatoms. The third-order valence-electron chi connectivity index (χ3n) is 5.23. The number of fused-ring (bicyclic) bond motifs is 1. The number of benzene rings is 2. The van der Waals surface area contributed by atoms with Crippen molar-refractivity contribution in [1.29, 1.82) is 0 Å². The summed E-state index contributed by atoms with van der Waals surface area (Å²) in [6, 6.07) is 12.5. The lowest BCUT2D eigenvalue weighted by molar-refractivity contribution is 0.0751. The second-order valence-electron chi connectivity index (χ2n) is 7.64. The Balaban J connectivity index is 1.76. The smallest absolute Gasteiger partial charge is 0.254 e. The van der Waals surface area contributed by atoms with Crippen LogP contribution in [0.1, 0.15) is 38.8 Å². The van der Waals surface area contributed by atoms with Gasteiger partial charge in [0.15, 0.2) is 0 Å². The SMILES string of the molecule is CCN(Cc1ccc(C(=O)N(C)C)cc1)C(=O)c1ccc2c(c1)CCN2S(C)(=O)=O. The van der Waals surface area contributed by atoms with Crippen LogP contribution in [-0.4, -0.2) is 63.5 Å². The highest BCUT2D eigenvalue weighted by Crippen LogP contribution is 2.31. The molecular weight excluding hydrogens is 402 g/mol. The normalized spacial score (nSPS) is 13.1. The Bertz CT molecular complexity index is 1060. The van der Waals surface area contributed by atoms with Crippen molar-refractivity contribution in [3.63, 3.8) is 0 Å². The lowest BCUT2D eigenvalue weighted by Gasteiger charge is -2.22. The molecule has 2 amide bonds. The van der Waals surface area contributed by atoms with Gasteiger partial charge in [0.1, 0.15) is 0 Å². The Hall–Kier alpha value is -2.87. The number of sulfonamides is 1. The molecule has 0 fully saturated rings. The molecule has 2 aromatic carbocycles. The maximum absolute atomic E-state index is 13.1. The number of carbonyl (C=O) groups excluding carboxylic acids is 2. The summed E-state index contributed by atoms with van der Waals surface area (Å²) in [5.41, 5.74) is 3.61. The zero-order valence-corrected chi connectivity index (χ0v) is 18.6. The van der Waals surface area contributed by atoms with E-state index in [4.69, 9.17) is 0 Å². The van der Waals surface area contributed by atoms with Gasteiger partial charge in [0.25, 0.3) is 11.8 Å². The maximum Gasteiger partial charge on any atom is 0.254 e. The highest BCUT2D eigenvalue weighted by molar-refractivity contribution is 7.92. The van der Waals surface area contributed by atoms with Gasteiger partial charge < -0.3 is 9.80 Å². The van der Waals surface area contributed by atoms with Gasteiger partial charge in [-0.1, -0.05) is 12.1 Å². The van der Waals surface area contributed by atoms with E-state index >= 15 is 0 Å². The average Bonchev–Trinajstić information content (AvgIpc) is 3.15. The van der Waals surface area contributed by atoms with Crippen LogP contribution in [-0.2, 0) is 23.0 Å². The molecular formula is C22H27N3O4S. The Kier molecular flexibility index (Phi) is 6.17. The Morgan fingerprint density at radius 3 is 2.20 bits per heavy atom. The van der Waals surface area contributed by atoms with Gasteiger partial charge in [-0.05, 0) is 54.8 Å². The Morgan fingerprint density at radius 1 is 1.00 bits per heavy atom. The fourth-order valence-corrected chi connectivity index (χ4v) is 4.55. The molecule has 1 aliphatic heterocycles. The molecule has 7 nitrogen and oxygen atoms in total. The summed E-state index contributed by atoms with van der Waals surface area (Å²) in [5.74, 6) is -0.169. The molecule has 0 radical (unpaired) electrons. The van der Waals surface area contributed by atoms with E-state index in [0.717, 1.165) is 11.1 Å². The van der Waals surface area contributed by atoms with Crippen LogP contribution in [0.4, 0.5) is 5.69 Å². The molecule has 0 N–H and O–H groups in total. The molecule has 0 saturated carbocycles. The molecule has 1 aliphatic rings. The summed E-state index contributed by atoms with van der Waals surface area (Å²) in [7, 11) is 0.101. The van der Waals surface area contributed by atoms with Gasteiger partial charge in [-0.15, -0.1) is 0 Å². The number of nitrogens with zero attached hydrogens (tertiary/aromatic N) is 3. The maximum atomic E-state index is 13.1. The summed E-state index contributed by atoms with van der Waals surface area (Å²) in [5, 5.41) is 0. The minimum atomic E-state index is -3.31. The lowest BCUT2D eigenvalue weighted by atomic mass is 10.1. The van der Waals surface area contributed by atoms with Crippen molar-refractivity contribution in [2.24, 2.45) is 0 Å². The molecule has 2 aromatic rings. The lowest BCUT2D eigenvalue weighted by Crippen LogP contribution is -2.30. The van der Waals surface area contributed by atoms with E-state index in [9.17, 15) is 18.0 Å².